The van der Waals surface area contributed by atoms with Crippen molar-refractivity contribution in [2.24, 2.45) is 0 Å². The maximum Gasteiger partial charge on any atom is 0.229 e. The number of aryl methyl sites for hydroxylation is 1. The topological polar surface area (TPSA) is 71.1 Å². The Morgan fingerprint density at radius 2 is 1.64 bits per heavy atom. The summed E-state index contributed by atoms with van der Waals surface area (Å²) >= 11 is 0. The van der Waals surface area contributed by atoms with Crippen LogP contribution in [0.25, 0.3) is 0 Å². The van der Waals surface area contributed by atoms with Crippen LogP contribution >= 0.6 is 0 Å². The third-order valence-corrected chi connectivity index (χ3v) is 4.71. The summed E-state index contributed by atoms with van der Waals surface area (Å²) in [5.74, 6) is 2.24. The van der Waals surface area contributed by atoms with Gasteiger partial charge >= 0.3 is 0 Å². The van der Waals surface area contributed by atoms with Crippen molar-refractivity contribution < 1.29 is 4.74 Å². The van der Waals surface area contributed by atoms with E-state index in [9.17, 15) is 0 Å². The molecule has 6 nitrogen and oxygen atoms in total. The van der Waals surface area contributed by atoms with E-state index in [1.165, 1.54) is 0 Å². The summed E-state index contributed by atoms with van der Waals surface area (Å²) in [6.45, 7) is 4.03. The summed E-state index contributed by atoms with van der Waals surface area (Å²) in [5, 5.41) is 9.95. The molecule has 0 spiro atoms. The van der Waals surface area contributed by atoms with Gasteiger partial charge in [-0.2, -0.15) is 4.98 Å². The van der Waals surface area contributed by atoms with Crippen molar-refractivity contribution in [1.82, 2.24) is 15.3 Å². The minimum absolute atomic E-state index is 0.298. The Labute approximate surface area is 165 Å². The van der Waals surface area contributed by atoms with Crippen LogP contribution in [0, 0.1) is 6.92 Å². The molecule has 28 heavy (non-hydrogen) atoms. The summed E-state index contributed by atoms with van der Waals surface area (Å²) in [6.07, 6.45) is 4.21. The van der Waals surface area contributed by atoms with Crippen LogP contribution in [0.3, 0.4) is 0 Å². The van der Waals surface area contributed by atoms with Gasteiger partial charge in [-0.15, -0.1) is 0 Å². The highest BCUT2D eigenvalue weighted by Gasteiger charge is 2.14. The molecule has 6 heteroatoms. The van der Waals surface area contributed by atoms with Gasteiger partial charge in [0, 0.05) is 23.1 Å². The van der Waals surface area contributed by atoms with Gasteiger partial charge in [-0.1, -0.05) is 18.2 Å². The predicted molar refractivity (Wildman–Crippen MR) is 113 cm³/mol. The smallest absolute Gasteiger partial charge is 0.229 e. The fraction of sp³-hybridized carbons (Fsp3) is 0.273. The van der Waals surface area contributed by atoms with Crippen molar-refractivity contribution >= 4 is 23.1 Å². The van der Waals surface area contributed by atoms with E-state index in [1.54, 1.807) is 0 Å². The molecule has 2 heterocycles. The summed E-state index contributed by atoms with van der Waals surface area (Å²) in [5.41, 5.74) is 2.90. The number of ether oxygens (including phenoxy) is 1. The van der Waals surface area contributed by atoms with E-state index in [0.717, 1.165) is 54.4 Å². The highest BCUT2D eigenvalue weighted by atomic mass is 16.5. The zero-order valence-electron chi connectivity index (χ0n) is 16.0. The Balaban J connectivity index is 1.41. The van der Waals surface area contributed by atoms with Crippen LogP contribution in [0.4, 0.5) is 23.1 Å². The summed E-state index contributed by atoms with van der Waals surface area (Å²) in [7, 11) is 0. The van der Waals surface area contributed by atoms with Gasteiger partial charge in [0.15, 0.2) is 0 Å². The van der Waals surface area contributed by atoms with Gasteiger partial charge in [0.1, 0.15) is 17.7 Å². The van der Waals surface area contributed by atoms with Crippen LogP contribution in [0.5, 0.6) is 5.75 Å². The normalized spacial score (nSPS) is 14.5. The number of rotatable bonds is 6. The highest BCUT2D eigenvalue weighted by molar-refractivity contribution is 5.62. The average Bonchev–Trinajstić information content (AvgIpc) is 2.73. The number of aromatic nitrogens is 2. The molecule has 1 aliphatic heterocycles. The van der Waals surface area contributed by atoms with Gasteiger partial charge in [0.05, 0.1) is 0 Å². The fourth-order valence-corrected chi connectivity index (χ4v) is 3.14. The van der Waals surface area contributed by atoms with Crippen LogP contribution in [0.2, 0.25) is 0 Å². The molecular formula is C22H25N5O. The third-order valence-electron chi connectivity index (χ3n) is 4.71. The first-order valence-corrected chi connectivity index (χ1v) is 9.66. The molecule has 0 aliphatic carbocycles. The Kier molecular flexibility index (Phi) is 5.68. The first-order chi connectivity index (χ1) is 13.8. The number of hydrogen-bond donors (Lipinski definition) is 3. The number of anilines is 4. The molecule has 0 saturated carbocycles. The predicted octanol–water partition coefficient (Wildman–Crippen LogP) is 4.40. The lowest BCUT2D eigenvalue weighted by Gasteiger charge is -2.23. The van der Waals surface area contributed by atoms with E-state index in [1.807, 2.05) is 67.7 Å². The van der Waals surface area contributed by atoms with Crippen LogP contribution in [-0.2, 0) is 0 Å². The van der Waals surface area contributed by atoms with Crippen LogP contribution in [0.1, 0.15) is 18.4 Å². The van der Waals surface area contributed by atoms with E-state index >= 15 is 0 Å². The minimum Gasteiger partial charge on any atom is -0.490 e. The van der Waals surface area contributed by atoms with Gasteiger partial charge in [-0.05, 0) is 69.3 Å². The van der Waals surface area contributed by atoms with Gasteiger partial charge in [-0.3, -0.25) is 0 Å². The molecule has 0 unspecified atom stereocenters. The summed E-state index contributed by atoms with van der Waals surface area (Å²) < 4.78 is 6.05. The van der Waals surface area contributed by atoms with Crippen molar-refractivity contribution in [3.8, 4) is 5.75 Å². The quantitative estimate of drug-likeness (QED) is 0.593. The van der Waals surface area contributed by atoms with E-state index in [4.69, 9.17) is 4.74 Å². The van der Waals surface area contributed by atoms with Crippen LogP contribution < -0.4 is 20.7 Å². The molecule has 144 valence electrons. The largest absolute Gasteiger partial charge is 0.490 e. The zero-order chi connectivity index (χ0) is 19.2. The molecule has 0 atom stereocenters. The molecule has 1 saturated heterocycles. The first kappa shape index (κ1) is 18.3. The number of nitrogens with zero attached hydrogens (tertiary/aromatic N) is 2. The number of nitrogens with one attached hydrogen (secondary N) is 3. The van der Waals surface area contributed by atoms with Gasteiger partial charge in [0.2, 0.25) is 5.95 Å². The lowest BCUT2D eigenvalue weighted by molar-refractivity contribution is 0.162. The van der Waals surface area contributed by atoms with Crippen LogP contribution in [-0.4, -0.2) is 29.2 Å². The molecule has 0 amide bonds. The first-order valence-electron chi connectivity index (χ1n) is 9.66. The van der Waals surface area contributed by atoms with Crippen molar-refractivity contribution in [1.29, 1.82) is 0 Å². The minimum atomic E-state index is 0.298. The average molecular weight is 375 g/mol. The number of piperidine rings is 1. The molecule has 2 aromatic carbocycles. The van der Waals surface area contributed by atoms with Crippen LogP contribution in [0.15, 0.2) is 60.8 Å². The SMILES string of the molecule is Cc1cnc(Nc2ccc(OC3CCNCC3)cc2)nc1Nc1ccccc1. The number of hydrogen-bond acceptors (Lipinski definition) is 6. The maximum absolute atomic E-state index is 6.05. The lowest BCUT2D eigenvalue weighted by Crippen LogP contribution is -2.34. The molecule has 3 N–H and O–H groups in total. The second-order valence-corrected chi connectivity index (χ2v) is 6.93. The standard InChI is InChI=1S/C22H25N5O/c1-16-15-24-22(27-21(16)25-17-5-3-2-4-6-17)26-18-7-9-19(10-8-18)28-20-11-13-23-14-12-20/h2-10,15,20,23H,11-14H2,1H3,(H2,24,25,26,27). The Morgan fingerprint density at radius 1 is 0.929 bits per heavy atom. The van der Waals surface area contributed by atoms with Gasteiger partial charge in [0.25, 0.3) is 0 Å². The molecule has 1 aliphatic rings. The van der Waals surface area contributed by atoms with Crippen molar-refractivity contribution in [2.45, 2.75) is 25.9 Å². The second-order valence-electron chi connectivity index (χ2n) is 6.93. The lowest BCUT2D eigenvalue weighted by atomic mass is 10.1. The third kappa shape index (κ3) is 4.78. The Bertz CT molecular complexity index is 893. The van der Waals surface area contributed by atoms with Crippen molar-refractivity contribution in [3.63, 3.8) is 0 Å². The fourth-order valence-electron chi connectivity index (χ4n) is 3.14. The molecule has 0 radical (unpaired) electrons. The number of benzene rings is 2. The van der Waals surface area contributed by atoms with E-state index in [0.29, 0.717) is 12.1 Å². The maximum atomic E-state index is 6.05. The summed E-state index contributed by atoms with van der Waals surface area (Å²) in [6, 6.07) is 17.9. The van der Waals surface area contributed by atoms with Crippen molar-refractivity contribution in [2.75, 3.05) is 23.7 Å². The molecular weight excluding hydrogens is 350 g/mol. The van der Waals surface area contributed by atoms with E-state index < -0.39 is 0 Å². The van der Waals surface area contributed by atoms with E-state index in [-0.39, 0.29) is 0 Å². The van der Waals surface area contributed by atoms with Gasteiger partial charge in [-0.25, -0.2) is 4.98 Å². The van der Waals surface area contributed by atoms with Crippen molar-refractivity contribution in [3.05, 3.63) is 66.4 Å². The molecule has 1 fully saturated rings. The second kappa shape index (κ2) is 8.71. The highest BCUT2D eigenvalue weighted by Crippen LogP contribution is 2.23. The molecule has 0 bridgehead atoms. The molecule has 3 aromatic rings. The monoisotopic (exact) mass is 375 g/mol. The molecule has 1 aromatic heterocycles. The number of para-hydroxylation sites is 1. The van der Waals surface area contributed by atoms with Gasteiger partial charge < -0.3 is 20.7 Å². The Morgan fingerprint density at radius 3 is 2.39 bits per heavy atom. The van der Waals surface area contributed by atoms with E-state index in [2.05, 4.69) is 25.9 Å². The zero-order valence-corrected chi connectivity index (χ0v) is 16.0. The molecule has 4 rings (SSSR count). The Hall–Kier alpha value is -3.12. The summed E-state index contributed by atoms with van der Waals surface area (Å²) in [4.78, 5) is 9.00.